The summed E-state index contributed by atoms with van der Waals surface area (Å²) < 4.78 is 26.6. The third-order valence-electron chi connectivity index (χ3n) is 4.07. The third-order valence-corrected chi connectivity index (χ3v) is 5.87. The van der Waals surface area contributed by atoms with E-state index in [1.54, 1.807) is 31.3 Å². The van der Waals surface area contributed by atoms with Crippen LogP contribution in [0.2, 0.25) is 0 Å². The number of rotatable bonds is 5. The van der Waals surface area contributed by atoms with Gasteiger partial charge in [-0.05, 0) is 31.5 Å². The van der Waals surface area contributed by atoms with Crippen molar-refractivity contribution < 1.29 is 13.2 Å². The molecule has 1 atom stereocenters. The maximum Gasteiger partial charge on any atom is 0.265 e. The zero-order valence-corrected chi connectivity index (χ0v) is 15.1. The van der Waals surface area contributed by atoms with Crippen LogP contribution in [0.5, 0.6) is 0 Å². The van der Waals surface area contributed by atoms with Crippen molar-refractivity contribution in [1.29, 1.82) is 0 Å². The van der Waals surface area contributed by atoms with Crippen molar-refractivity contribution >= 4 is 44.8 Å². The topological polar surface area (TPSA) is 78.5 Å². The summed E-state index contributed by atoms with van der Waals surface area (Å²) in [6, 6.07) is 10.7. The lowest BCUT2D eigenvalue weighted by Gasteiger charge is -2.19. The molecule has 0 bridgehead atoms. The Morgan fingerprint density at radius 3 is 2.54 bits per heavy atom. The van der Waals surface area contributed by atoms with Crippen LogP contribution in [0, 0.1) is 0 Å². The normalized spacial score (nSPS) is 15.8. The largest absolute Gasteiger partial charge is 0.353 e. The number of anilines is 1. The van der Waals surface area contributed by atoms with Gasteiger partial charge in [-0.15, -0.1) is 12.4 Å². The Morgan fingerprint density at radius 1 is 1.21 bits per heavy atom. The molecule has 2 N–H and O–H groups in total. The van der Waals surface area contributed by atoms with Gasteiger partial charge in [-0.1, -0.05) is 24.3 Å². The molecule has 0 spiro atoms. The number of halogens is 1. The molecule has 1 heterocycles. The van der Waals surface area contributed by atoms with Gasteiger partial charge in [-0.25, -0.2) is 8.42 Å². The van der Waals surface area contributed by atoms with E-state index >= 15 is 0 Å². The highest BCUT2D eigenvalue weighted by atomic mass is 35.5. The lowest BCUT2D eigenvalue weighted by molar-refractivity contribution is -0.119. The zero-order valence-electron chi connectivity index (χ0n) is 13.4. The fourth-order valence-electron chi connectivity index (χ4n) is 2.68. The van der Waals surface area contributed by atoms with Gasteiger partial charge in [0.25, 0.3) is 10.0 Å². The van der Waals surface area contributed by atoms with E-state index in [1.165, 1.54) is 4.31 Å². The van der Waals surface area contributed by atoms with E-state index in [9.17, 15) is 13.2 Å². The van der Waals surface area contributed by atoms with E-state index in [4.69, 9.17) is 0 Å². The van der Waals surface area contributed by atoms with Crippen LogP contribution in [0.3, 0.4) is 0 Å². The fourth-order valence-corrected chi connectivity index (χ4v) is 4.35. The number of hydrogen-bond acceptors (Lipinski definition) is 4. The Bertz CT molecular complexity index is 865. The molecule has 0 fully saturated rings. The van der Waals surface area contributed by atoms with Crippen molar-refractivity contribution in [2.24, 2.45) is 0 Å². The molecule has 1 amide bonds. The number of carbonyl (C=O) groups is 1. The second-order valence-electron chi connectivity index (χ2n) is 5.64. The van der Waals surface area contributed by atoms with Crippen LogP contribution in [0.4, 0.5) is 5.69 Å². The summed E-state index contributed by atoms with van der Waals surface area (Å²) >= 11 is 0. The van der Waals surface area contributed by atoms with Gasteiger partial charge >= 0.3 is 0 Å². The Hall–Kier alpha value is -1.83. The lowest BCUT2D eigenvalue weighted by Crippen LogP contribution is -2.43. The molecule has 1 unspecified atom stereocenters. The van der Waals surface area contributed by atoms with Crippen molar-refractivity contribution in [2.75, 3.05) is 24.4 Å². The first-order valence-corrected chi connectivity index (χ1v) is 8.87. The predicted molar refractivity (Wildman–Crippen MR) is 97.3 cm³/mol. The van der Waals surface area contributed by atoms with E-state index in [2.05, 4.69) is 10.6 Å². The first-order chi connectivity index (χ1) is 10.9. The van der Waals surface area contributed by atoms with E-state index < -0.39 is 10.0 Å². The number of amides is 1. The summed E-state index contributed by atoms with van der Waals surface area (Å²) in [5.41, 5.74) is 0.565. The molecule has 0 saturated heterocycles. The summed E-state index contributed by atoms with van der Waals surface area (Å²) in [5.74, 6) is -0.319. The molecule has 1 aliphatic heterocycles. The first kappa shape index (κ1) is 18.5. The average Bonchev–Trinajstić information content (AvgIpc) is 2.76. The molecule has 24 heavy (non-hydrogen) atoms. The molecule has 0 aliphatic carbocycles. The minimum atomic E-state index is -3.68. The van der Waals surface area contributed by atoms with Gasteiger partial charge in [-0.3, -0.25) is 9.10 Å². The standard InChI is InChI=1S/C16H19N3O3S.ClH/c1-11(17-2)9-18-15(20)10-19-13-7-3-5-12-6-4-8-14(16(12)13)23(19,21)22;/h3-8,11,17H,9-10H2,1-2H3,(H,18,20);1H. The second-order valence-corrected chi connectivity index (χ2v) is 7.47. The average molecular weight is 370 g/mol. The number of carbonyl (C=O) groups excluding carboxylic acids is 1. The minimum absolute atomic E-state index is 0. The molecular weight excluding hydrogens is 350 g/mol. The Kier molecular flexibility index (Phi) is 5.37. The molecule has 2 aromatic carbocycles. The Balaban J connectivity index is 0.00000208. The van der Waals surface area contributed by atoms with Gasteiger partial charge < -0.3 is 10.6 Å². The summed E-state index contributed by atoms with van der Waals surface area (Å²) in [4.78, 5) is 12.4. The molecule has 0 saturated carbocycles. The zero-order chi connectivity index (χ0) is 16.6. The van der Waals surface area contributed by atoms with Crippen molar-refractivity contribution in [3.05, 3.63) is 36.4 Å². The first-order valence-electron chi connectivity index (χ1n) is 7.43. The van der Waals surface area contributed by atoms with Gasteiger partial charge in [0, 0.05) is 18.0 Å². The quantitative estimate of drug-likeness (QED) is 0.837. The van der Waals surface area contributed by atoms with Crippen LogP contribution < -0.4 is 14.9 Å². The van der Waals surface area contributed by atoms with Crippen molar-refractivity contribution in [2.45, 2.75) is 17.9 Å². The van der Waals surface area contributed by atoms with Crippen molar-refractivity contribution in [3.8, 4) is 0 Å². The third kappa shape index (κ3) is 3.07. The molecular formula is C16H20ClN3O3S. The summed E-state index contributed by atoms with van der Waals surface area (Å²) in [7, 11) is -1.88. The van der Waals surface area contributed by atoms with Gasteiger partial charge in [0.2, 0.25) is 5.91 Å². The van der Waals surface area contributed by atoms with Gasteiger partial charge in [0.05, 0.1) is 10.6 Å². The fraction of sp³-hybridized carbons (Fsp3) is 0.312. The van der Waals surface area contributed by atoms with E-state index in [0.717, 1.165) is 5.39 Å². The summed E-state index contributed by atoms with van der Waals surface area (Å²) in [6.07, 6.45) is 0. The summed E-state index contributed by atoms with van der Waals surface area (Å²) in [5, 5.41) is 7.31. The van der Waals surface area contributed by atoms with Crippen LogP contribution in [0.1, 0.15) is 6.92 Å². The van der Waals surface area contributed by atoms with Crippen LogP contribution in [-0.2, 0) is 14.8 Å². The molecule has 2 aromatic rings. The van der Waals surface area contributed by atoms with E-state index in [-0.39, 0.29) is 35.8 Å². The molecule has 130 valence electrons. The summed E-state index contributed by atoms with van der Waals surface area (Å²) in [6.45, 7) is 2.16. The van der Waals surface area contributed by atoms with Crippen molar-refractivity contribution in [3.63, 3.8) is 0 Å². The molecule has 6 nitrogen and oxygen atoms in total. The number of sulfonamides is 1. The maximum absolute atomic E-state index is 12.7. The Morgan fingerprint density at radius 2 is 1.88 bits per heavy atom. The monoisotopic (exact) mass is 369 g/mol. The highest BCUT2D eigenvalue weighted by molar-refractivity contribution is 7.93. The number of benzene rings is 2. The number of nitrogens with one attached hydrogen (secondary N) is 2. The van der Waals surface area contributed by atoms with Crippen LogP contribution in [-0.4, -0.2) is 40.5 Å². The van der Waals surface area contributed by atoms with E-state index in [1.807, 2.05) is 19.1 Å². The number of nitrogens with zero attached hydrogens (tertiary/aromatic N) is 1. The van der Waals surface area contributed by atoms with Gasteiger partial charge in [0.15, 0.2) is 0 Å². The number of likely N-dealkylation sites (N-methyl/N-ethyl adjacent to an activating group) is 1. The number of hydrogen-bond donors (Lipinski definition) is 2. The second kappa shape index (κ2) is 6.96. The highest BCUT2D eigenvalue weighted by Gasteiger charge is 2.36. The molecule has 1 aliphatic rings. The Labute approximate surface area is 147 Å². The van der Waals surface area contributed by atoms with Gasteiger partial charge in [-0.2, -0.15) is 0 Å². The SMILES string of the molecule is CNC(C)CNC(=O)CN1c2cccc3cccc(c23)S1(=O)=O.Cl. The molecule has 0 aromatic heterocycles. The van der Waals surface area contributed by atoms with Crippen molar-refractivity contribution in [1.82, 2.24) is 10.6 Å². The van der Waals surface area contributed by atoms with Gasteiger partial charge in [0.1, 0.15) is 6.54 Å². The van der Waals surface area contributed by atoms with Crippen LogP contribution in [0.15, 0.2) is 41.3 Å². The minimum Gasteiger partial charge on any atom is -0.353 e. The highest BCUT2D eigenvalue weighted by Crippen LogP contribution is 2.41. The van der Waals surface area contributed by atoms with Crippen LogP contribution >= 0.6 is 12.4 Å². The predicted octanol–water partition coefficient (Wildman–Crippen LogP) is 1.49. The maximum atomic E-state index is 12.7. The van der Waals surface area contributed by atoms with E-state index in [0.29, 0.717) is 17.6 Å². The molecule has 0 radical (unpaired) electrons. The lowest BCUT2D eigenvalue weighted by atomic mass is 10.1. The van der Waals surface area contributed by atoms with Crippen LogP contribution in [0.25, 0.3) is 10.8 Å². The molecule has 8 heteroatoms. The molecule has 3 rings (SSSR count). The smallest absolute Gasteiger partial charge is 0.265 e.